The fourth-order valence-electron chi connectivity index (χ4n) is 2.37. The summed E-state index contributed by atoms with van der Waals surface area (Å²) in [6, 6.07) is 7.63. The maximum Gasteiger partial charge on any atom is 0.136 e. The van der Waals surface area contributed by atoms with Crippen molar-refractivity contribution < 1.29 is 14.6 Å². The lowest BCUT2D eigenvalue weighted by molar-refractivity contribution is 0.0671. The van der Waals surface area contributed by atoms with Gasteiger partial charge in [-0.25, -0.2) is 0 Å². The molecule has 1 aliphatic heterocycles. The summed E-state index contributed by atoms with van der Waals surface area (Å²) in [5.41, 5.74) is 0.799. The van der Waals surface area contributed by atoms with Crippen LogP contribution in [0.25, 0.3) is 0 Å². The first-order valence-electron chi connectivity index (χ1n) is 6.37. The second kappa shape index (κ2) is 5.39. The van der Waals surface area contributed by atoms with E-state index in [1.807, 2.05) is 18.2 Å². The van der Waals surface area contributed by atoms with Crippen LogP contribution in [0, 0.1) is 6.92 Å². The van der Waals surface area contributed by atoms with Gasteiger partial charge in [0.15, 0.2) is 0 Å². The molecule has 1 aromatic carbocycles. The molecule has 1 aromatic heterocycles. The lowest BCUT2D eigenvalue weighted by Gasteiger charge is -2.29. The van der Waals surface area contributed by atoms with Crippen molar-refractivity contribution in [1.29, 1.82) is 0 Å². The van der Waals surface area contributed by atoms with Gasteiger partial charge in [-0.05, 0) is 47.1 Å². The molecule has 0 amide bonds. The molecule has 106 valence electrons. The van der Waals surface area contributed by atoms with Crippen LogP contribution in [0.15, 0.2) is 28.7 Å². The average molecular weight is 355 g/mol. The van der Waals surface area contributed by atoms with Crippen LogP contribution >= 0.6 is 27.3 Å². The van der Waals surface area contributed by atoms with E-state index >= 15 is 0 Å². The van der Waals surface area contributed by atoms with Crippen molar-refractivity contribution in [2.24, 2.45) is 0 Å². The Labute approximate surface area is 130 Å². The van der Waals surface area contributed by atoms with E-state index in [0.29, 0.717) is 6.42 Å². The van der Waals surface area contributed by atoms with Gasteiger partial charge in [0.2, 0.25) is 0 Å². The summed E-state index contributed by atoms with van der Waals surface area (Å²) in [6.45, 7) is 2.07. The van der Waals surface area contributed by atoms with Gasteiger partial charge < -0.3 is 14.6 Å². The van der Waals surface area contributed by atoms with Gasteiger partial charge in [-0.15, -0.1) is 11.3 Å². The zero-order valence-electron chi connectivity index (χ0n) is 11.2. The molecule has 3 rings (SSSR count). The maximum atomic E-state index is 10.3. The fraction of sp³-hybridized carbons (Fsp3) is 0.333. The standard InChI is InChI=1S/C15H15BrO3S/c1-8-11(16)6-15(20-8)14-7-12(17)10-5-9(18-2)3-4-13(10)19-14/h3-6,12,14,17H,7H2,1-2H3/t12-,14?/m1/s1. The third-order valence-corrected chi connectivity index (χ3v) is 5.70. The first-order chi connectivity index (χ1) is 9.58. The predicted molar refractivity (Wildman–Crippen MR) is 82.7 cm³/mol. The van der Waals surface area contributed by atoms with E-state index in [0.717, 1.165) is 26.4 Å². The zero-order valence-corrected chi connectivity index (χ0v) is 13.6. The summed E-state index contributed by atoms with van der Waals surface area (Å²) < 4.78 is 12.3. The highest BCUT2D eigenvalue weighted by atomic mass is 79.9. The Hall–Kier alpha value is -1.04. The summed E-state index contributed by atoms with van der Waals surface area (Å²) in [6.07, 6.45) is -0.0621. The van der Waals surface area contributed by atoms with Crippen molar-refractivity contribution in [1.82, 2.24) is 0 Å². The second-order valence-electron chi connectivity index (χ2n) is 4.81. The number of hydrogen-bond donors (Lipinski definition) is 1. The molecule has 2 heterocycles. The number of hydrogen-bond acceptors (Lipinski definition) is 4. The first kappa shape index (κ1) is 13.9. The molecular formula is C15H15BrO3S. The van der Waals surface area contributed by atoms with Crippen LogP contribution in [0.3, 0.4) is 0 Å². The average Bonchev–Trinajstić information content (AvgIpc) is 2.78. The molecule has 0 fully saturated rings. The van der Waals surface area contributed by atoms with Crippen LogP contribution in [0.1, 0.15) is 33.9 Å². The summed E-state index contributed by atoms with van der Waals surface area (Å²) in [7, 11) is 1.62. The van der Waals surface area contributed by atoms with Gasteiger partial charge in [0, 0.05) is 26.2 Å². The van der Waals surface area contributed by atoms with Crippen LogP contribution in [0.2, 0.25) is 0 Å². The molecule has 1 aliphatic rings. The molecule has 0 saturated carbocycles. The van der Waals surface area contributed by atoms with Gasteiger partial charge >= 0.3 is 0 Å². The van der Waals surface area contributed by atoms with Crippen molar-refractivity contribution >= 4 is 27.3 Å². The summed E-state index contributed by atoms with van der Waals surface area (Å²) in [5, 5.41) is 10.3. The number of thiophene rings is 1. The van der Waals surface area contributed by atoms with E-state index in [1.54, 1.807) is 18.4 Å². The molecule has 2 atom stereocenters. The van der Waals surface area contributed by atoms with Gasteiger partial charge in [-0.3, -0.25) is 0 Å². The normalized spacial score (nSPS) is 21.2. The Morgan fingerprint density at radius 1 is 1.40 bits per heavy atom. The van der Waals surface area contributed by atoms with Crippen LogP contribution < -0.4 is 9.47 Å². The zero-order chi connectivity index (χ0) is 14.3. The molecule has 20 heavy (non-hydrogen) atoms. The Morgan fingerprint density at radius 3 is 2.85 bits per heavy atom. The number of methoxy groups -OCH3 is 1. The topological polar surface area (TPSA) is 38.7 Å². The summed E-state index contributed by atoms with van der Waals surface area (Å²) in [4.78, 5) is 2.36. The van der Waals surface area contributed by atoms with Crippen molar-refractivity contribution in [3.63, 3.8) is 0 Å². The third-order valence-electron chi connectivity index (χ3n) is 3.48. The molecule has 0 bridgehead atoms. The molecule has 0 saturated heterocycles. The minimum Gasteiger partial charge on any atom is -0.497 e. The number of aryl methyl sites for hydroxylation is 1. The number of halogens is 1. The third kappa shape index (κ3) is 2.45. The molecule has 0 aliphatic carbocycles. The van der Waals surface area contributed by atoms with Crippen molar-refractivity contribution in [2.75, 3.05) is 7.11 Å². The van der Waals surface area contributed by atoms with E-state index in [2.05, 4.69) is 28.9 Å². The minimum absolute atomic E-state index is 0.0964. The first-order valence-corrected chi connectivity index (χ1v) is 7.98. The van der Waals surface area contributed by atoms with Gasteiger partial charge in [-0.1, -0.05) is 0 Å². The number of aliphatic hydroxyl groups excluding tert-OH is 1. The summed E-state index contributed by atoms with van der Waals surface area (Å²) in [5.74, 6) is 1.47. The van der Waals surface area contributed by atoms with Crippen molar-refractivity contribution in [2.45, 2.75) is 25.6 Å². The SMILES string of the molecule is COc1ccc2c(c1)[C@H](O)CC(c1cc(Br)c(C)s1)O2. The Morgan fingerprint density at radius 2 is 2.20 bits per heavy atom. The largest absolute Gasteiger partial charge is 0.497 e. The second-order valence-corrected chi connectivity index (χ2v) is 6.96. The van der Waals surface area contributed by atoms with Gasteiger partial charge in [-0.2, -0.15) is 0 Å². The van der Waals surface area contributed by atoms with Gasteiger partial charge in [0.05, 0.1) is 13.2 Å². The van der Waals surface area contributed by atoms with Gasteiger partial charge in [0.25, 0.3) is 0 Å². The predicted octanol–water partition coefficient (Wildman–Crippen LogP) is 4.38. The Kier molecular flexibility index (Phi) is 3.75. The Bertz CT molecular complexity index is 619. The number of fused-ring (bicyclic) bond motifs is 1. The van der Waals surface area contributed by atoms with Crippen LogP contribution in [0.4, 0.5) is 0 Å². The van der Waals surface area contributed by atoms with Crippen LogP contribution in [-0.2, 0) is 0 Å². The number of benzene rings is 1. The maximum absolute atomic E-state index is 10.3. The van der Waals surface area contributed by atoms with Gasteiger partial charge in [0.1, 0.15) is 17.6 Å². The minimum atomic E-state index is -0.528. The fourth-order valence-corrected chi connectivity index (χ4v) is 3.97. The lowest BCUT2D eigenvalue weighted by atomic mass is 9.98. The monoisotopic (exact) mass is 354 g/mol. The number of ether oxygens (including phenoxy) is 2. The lowest BCUT2D eigenvalue weighted by Crippen LogP contribution is -2.18. The van der Waals surface area contributed by atoms with Crippen LogP contribution in [-0.4, -0.2) is 12.2 Å². The van der Waals surface area contributed by atoms with E-state index in [1.165, 1.54) is 4.88 Å². The highest BCUT2D eigenvalue weighted by Gasteiger charge is 2.29. The molecule has 1 N–H and O–H groups in total. The quantitative estimate of drug-likeness (QED) is 0.869. The van der Waals surface area contributed by atoms with E-state index in [-0.39, 0.29) is 6.10 Å². The smallest absolute Gasteiger partial charge is 0.136 e. The number of aliphatic hydroxyl groups is 1. The highest BCUT2D eigenvalue weighted by molar-refractivity contribution is 9.10. The van der Waals surface area contributed by atoms with E-state index in [9.17, 15) is 5.11 Å². The Balaban J connectivity index is 1.92. The molecule has 0 spiro atoms. The number of rotatable bonds is 2. The van der Waals surface area contributed by atoms with Crippen molar-refractivity contribution in [3.05, 3.63) is 44.1 Å². The van der Waals surface area contributed by atoms with E-state index < -0.39 is 6.10 Å². The molecule has 0 radical (unpaired) electrons. The molecular weight excluding hydrogens is 340 g/mol. The molecule has 5 heteroatoms. The molecule has 1 unspecified atom stereocenters. The highest BCUT2D eigenvalue weighted by Crippen LogP contribution is 2.44. The van der Waals surface area contributed by atoms with Crippen molar-refractivity contribution in [3.8, 4) is 11.5 Å². The molecule has 2 aromatic rings. The van der Waals surface area contributed by atoms with E-state index in [4.69, 9.17) is 9.47 Å². The molecule has 3 nitrogen and oxygen atoms in total. The summed E-state index contributed by atoms with van der Waals surface area (Å²) >= 11 is 5.22. The van der Waals surface area contributed by atoms with Crippen LogP contribution in [0.5, 0.6) is 11.5 Å².